The van der Waals surface area contributed by atoms with Crippen molar-refractivity contribution in [2.75, 3.05) is 26.2 Å². The highest BCUT2D eigenvalue weighted by Crippen LogP contribution is 1.98. The number of thiocarbonyl (C=S) groups is 1. The Kier molecular flexibility index (Phi) is 5.48. The highest BCUT2D eigenvalue weighted by molar-refractivity contribution is 7.80. The van der Waals surface area contributed by atoms with Crippen LogP contribution >= 0.6 is 12.2 Å². The summed E-state index contributed by atoms with van der Waals surface area (Å²) < 4.78 is 5.23. The number of piperidine rings is 1. The Morgan fingerprint density at radius 3 is 2.83 bits per heavy atom. The minimum absolute atomic E-state index is 0.648. The first-order chi connectivity index (χ1) is 8.84. The molecule has 0 bridgehead atoms. The molecule has 2 heterocycles. The van der Waals surface area contributed by atoms with Crippen molar-refractivity contribution in [2.24, 2.45) is 0 Å². The molecule has 0 atom stereocenters. The highest BCUT2D eigenvalue weighted by Gasteiger charge is 2.12. The normalized spacial score (nSPS) is 16.4. The lowest BCUT2D eigenvalue weighted by Gasteiger charge is -2.23. The number of furan rings is 1. The van der Waals surface area contributed by atoms with Gasteiger partial charge in [-0.25, -0.2) is 0 Å². The molecule has 1 aromatic rings. The van der Waals surface area contributed by atoms with E-state index in [0.717, 1.165) is 18.8 Å². The molecular formula is C13H22N3OS+. The molecule has 1 aliphatic heterocycles. The van der Waals surface area contributed by atoms with E-state index in [-0.39, 0.29) is 0 Å². The van der Waals surface area contributed by atoms with Crippen molar-refractivity contribution in [1.82, 2.24) is 10.6 Å². The van der Waals surface area contributed by atoms with Crippen molar-refractivity contribution in [3.05, 3.63) is 24.2 Å². The van der Waals surface area contributed by atoms with Gasteiger partial charge in [-0.2, -0.15) is 0 Å². The lowest BCUT2D eigenvalue weighted by molar-refractivity contribution is -0.903. The fourth-order valence-corrected chi connectivity index (χ4v) is 2.47. The number of nitrogens with one attached hydrogen (secondary N) is 3. The van der Waals surface area contributed by atoms with E-state index in [1.807, 2.05) is 12.1 Å². The molecule has 2 rings (SSSR count). The minimum Gasteiger partial charge on any atom is -0.467 e. The van der Waals surface area contributed by atoms with Gasteiger partial charge in [0.05, 0.1) is 39.0 Å². The Bertz CT molecular complexity index is 347. The standard InChI is InChI=1S/C13H21N3OS/c18-13(15-11-12-5-4-10-17-12)14-6-9-16-7-2-1-3-8-16/h4-5,10H,1-3,6-9,11H2,(H2,14,15,18)/p+1. The van der Waals surface area contributed by atoms with Gasteiger partial charge in [-0.15, -0.1) is 0 Å². The summed E-state index contributed by atoms with van der Waals surface area (Å²) >= 11 is 5.22. The number of hydrogen-bond donors (Lipinski definition) is 3. The third-order valence-corrected chi connectivity index (χ3v) is 3.62. The van der Waals surface area contributed by atoms with Crippen molar-refractivity contribution in [1.29, 1.82) is 0 Å². The molecule has 0 saturated carbocycles. The molecule has 4 nitrogen and oxygen atoms in total. The summed E-state index contributed by atoms with van der Waals surface area (Å²) in [6.45, 7) is 5.37. The Hall–Kier alpha value is -1.07. The van der Waals surface area contributed by atoms with Crippen molar-refractivity contribution >= 4 is 17.3 Å². The first-order valence-corrected chi connectivity index (χ1v) is 7.13. The van der Waals surface area contributed by atoms with E-state index >= 15 is 0 Å². The Labute approximate surface area is 114 Å². The predicted molar refractivity (Wildman–Crippen MR) is 75.6 cm³/mol. The monoisotopic (exact) mass is 268 g/mol. The van der Waals surface area contributed by atoms with E-state index in [1.165, 1.54) is 32.4 Å². The van der Waals surface area contributed by atoms with Crippen molar-refractivity contribution in [3.8, 4) is 0 Å². The van der Waals surface area contributed by atoms with Gasteiger partial charge in [0, 0.05) is 0 Å². The van der Waals surface area contributed by atoms with E-state index in [0.29, 0.717) is 11.7 Å². The Morgan fingerprint density at radius 1 is 1.28 bits per heavy atom. The molecule has 1 saturated heterocycles. The van der Waals surface area contributed by atoms with Gasteiger partial charge >= 0.3 is 0 Å². The first kappa shape index (κ1) is 13.4. The van der Waals surface area contributed by atoms with Gasteiger partial charge in [-0.05, 0) is 43.6 Å². The summed E-state index contributed by atoms with van der Waals surface area (Å²) in [5.74, 6) is 0.904. The third-order valence-electron chi connectivity index (χ3n) is 3.33. The summed E-state index contributed by atoms with van der Waals surface area (Å²) in [5, 5.41) is 7.10. The highest BCUT2D eigenvalue weighted by atomic mass is 32.1. The molecule has 0 aromatic carbocycles. The van der Waals surface area contributed by atoms with Crippen LogP contribution < -0.4 is 15.5 Å². The number of quaternary nitrogens is 1. The number of likely N-dealkylation sites (tertiary alicyclic amines) is 1. The summed E-state index contributed by atoms with van der Waals surface area (Å²) in [5.41, 5.74) is 0. The second-order valence-electron chi connectivity index (χ2n) is 4.75. The van der Waals surface area contributed by atoms with E-state index < -0.39 is 0 Å². The third kappa shape index (κ3) is 4.66. The molecule has 0 aliphatic carbocycles. The topological polar surface area (TPSA) is 41.6 Å². The molecule has 1 fully saturated rings. The van der Waals surface area contributed by atoms with Crippen LogP contribution in [0.2, 0.25) is 0 Å². The maximum Gasteiger partial charge on any atom is 0.166 e. The van der Waals surface area contributed by atoms with Gasteiger partial charge in [0.15, 0.2) is 5.11 Å². The van der Waals surface area contributed by atoms with Crippen LogP contribution in [0.15, 0.2) is 22.8 Å². The van der Waals surface area contributed by atoms with Crippen LogP contribution in [-0.2, 0) is 6.54 Å². The molecule has 0 amide bonds. The maximum atomic E-state index is 5.23. The average Bonchev–Trinajstić information content (AvgIpc) is 2.91. The summed E-state index contributed by atoms with van der Waals surface area (Å²) in [6.07, 6.45) is 5.82. The summed E-state index contributed by atoms with van der Waals surface area (Å²) in [6, 6.07) is 3.82. The van der Waals surface area contributed by atoms with E-state index in [1.54, 1.807) is 11.2 Å². The van der Waals surface area contributed by atoms with Crippen LogP contribution in [0.4, 0.5) is 0 Å². The molecule has 1 aromatic heterocycles. The fourth-order valence-electron chi connectivity index (χ4n) is 2.30. The van der Waals surface area contributed by atoms with Gasteiger partial charge in [0.25, 0.3) is 0 Å². The molecule has 18 heavy (non-hydrogen) atoms. The van der Waals surface area contributed by atoms with Crippen LogP contribution in [0.5, 0.6) is 0 Å². The minimum atomic E-state index is 0.648. The van der Waals surface area contributed by atoms with Crippen molar-refractivity contribution in [3.63, 3.8) is 0 Å². The van der Waals surface area contributed by atoms with Crippen molar-refractivity contribution < 1.29 is 9.32 Å². The van der Waals surface area contributed by atoms with Gasteiger partial charge in [0.1, 0.15) is 5.76 Å². The van der Waals surface area contributed by atoms with Crippen LogP contribution in [0.3, 0.4) is 0 Å². The lowest BCUT2D eigenvalue weighted by Crippen LogP contribution is -3.13. The molecule has 1 aliphatic rings. The van der Waals surface area contributed by atoms with E-state index in [2.05, 4.69) is 10.6 Å². The summed E-state index contributed by atoms with van der Waals surface area (Å²) in [4.78, 5) is 1.70. The number of hydrogen-bond acceptors (Lipinski definition) is 2. The quantitative estimate of drug-likeness (QED) is 0.673. The molecule has 3 N–H and O–H groups in total. The zero-order valence-corrected chi connectivity index (χ0v) is 11.5. The summed E-state index contributed by atoms with van der Waals surface area (Å²) in [7, 11) is 0. The van der Waals surface area contributed by atoms with Crippen LogP contribution in [0.1, 0.15) is 25.0 Å². The van der Waals surface area contributed by atoms with Crippen molar-refractivity contribution in [2.45, 2.75) is 25.8 Å². The molecule has 0 radical (unpaired) electrons. The Balaban J connectivity index is 1.54. The molecule has 0 spiro atoms. The predicted octanol–water partition coefficient (Wildman–Crippen LogP) is 0.313. The molecule has 5 heteroatoms. The average molecular weight is 268 g/mol. The lowest BCUT2D eigenvalue weighted by atomic mass is 10.1. The fraction of sp³-hybridized carbons (Fsp3) is 0.615. The van der Waals surface area contributed by atoms with Crippen LogP contribution in [0, 0.1) is 0 Å². The number of rotatable bonds is 5. The largest absolute Gasteiger partial charge is 0.467 e. The van der Waals surface area contributed by atoms with E-state index in [9.17, 15) is 0 Å². The van der Waals surface area contributed by atoms with E-state index in [4.69, 9.17) is 16.6 Å². The zero-order valence-electron chi connectivity index (χ0n) is 10.7. The second-order valence-corrected chi connectivity index (χ2v) is 5.16. The maximum absolute atomic E-state index is 5.23. The van der Waals surface area contributed by atoms with Gasteiger partial charge in [0.2, 0.25) is 0 Å². The first-order valence-electron chi connectivity index (χ1n) is 6.72. The zero-order chi connectivity index (χ0) is 12.6. The van der Waals surface area contributed by atoms with Crippen LogP contribution in [0.25, 0.3) is 0 Å². The second kappa shape index (κ2) is 7.38. The smallest absolute Gasteiger partial charge is 0.166 e. The van der Waals surface area contributed by atoms with Gasteiger partial charge in [-0.1, -0.05) is 0 Å². The van der Waals surface area contributed by atoms with Crippen LogP contribution in [-0.4, -0.2) is 31.3 Å². The Morgan fingerprint density at radius 2 is 2.11 bits per heavy atom. The molecule has 0 unspecified atom stereocenters. The molecule has 100 valence electrons. The van der Waals surface area contributed by atoms with Gasteiger partial charge < -0.3 is 20.0 Å². The SMILES string of the molecule is S=C(NCC[NH+]1CCCCC1)NCc1ccco1. The van der Waals surface area contributed by atoms with Gasteiger partial charge in [-0.3, -0.25) is 0 Å². The molecular weight excluding hydrogens is 246 g/mol.